The third-order valence-corrected chi connectivity index (χ3v) is 6.28. The van der Waals surface area contributed by atoms with Gasteiger partial charge in [-0.1, -0.05) is 66.2 Å². The number of ether oxygens (including phenoxy) is 1. The molecule has 0 spiro atoms. The zero-order valence-corrected chi connectivity index (χ0v) is 18.1. The zero-order chi connectivity index (χ0) is 21.7. The molecule has 0 amide bonds. The SMILES string of the molecule is OC1(c2ccc(Cl)cc2)CCN(CCOC(c2ccccc2)c2ccc(F)cc2)CC1. The minimum absolute atomic E-state index is 0.238. The number of rotatable bonds is 7. The van der Waals surface area contributed by atoms with Gasteiger partial charge in [-0.25, -0.2) is 4.39 Å². The van der Waals surface area contributed by atoms with Gasteiger partial charge in [0.2, 0.25) is 0 Å². The Bertz CT molecular complexity index is 955. The van der Waals surface area contributed by atoms with Crippen LogP contribution in [0.5, 0.6) is 0 Å². The molecule has 1 saturated heterocycles. The summed E-state index contributed by atoms with van der Waals surface area (Å²) in [6.07, 6.45) is 1.11. The lowest BCUT2D eigenvalue weighted by Gasteiger charge is -2.38. The van der Waals surface area contributed by atoms with E-state index in [0.29, 0.717) is 24.5 Å². The number of hydrogen-bond donors (Lipinski definition) is 1. The van der Waals surface area contributed by atoms with Gasteiger partial charge in [0.15, 0.2) is 0 Å². The van der Waals surface area contributed by atoms with Crippen LogP contribution < -0.4 is 0 Å². The Hall–Kier alpha value is -2.24. The summed E-state index contributed by atoms with van der Waals surface area (Å²) in [7, 11) is 0. The van der Waals surface area contributed by atoms with Crippen LogP contribution in [-0.2, 0) is 10.3 Å². The van der Waals surface area contributed by atoms with Crippen LogP contribution in [0.3, 0.4) is 0 Å². The molecule has 0 bridgehead atoms. The Morgan fingerprint density at radius 3 is 2.16 bits per heavy atom. The Kier molecular flexibility index (Phi) is 7.03. The normalized spacial score (nSPS) is 17.4. The van der Waals surface area contributed by atoms with E-state index in [0.717, 1.165) is 36.3 Å². The second kappa shape index (κ2) is 9.92. The molecule has 1 N–H and O–H groups in total. The Morgan fingerprint density at radius 1 is 0.903 bits per heavy atom. The molecule has 3 nitrogen and oxygen atoms in total. The molecule has 0 aliphatic carbocycles. The second-order valence-corrected chi connectivity index (χ2v) is 8.53. The highest BCUT2D eigenvalue weighted by Crippen LogP contribution is 2.33. The Balaban J connectivity index is 1.34. The molecule has 1 unspecified atom stereocenters. The van der Waals surface area contributed by atoms with Crippen LogP contribution >= 0.6 is 11.6 Å². The van der Waals surface area contributed by atoms with Crippen molar-refractivity contribution in [2.75, 3.05) is 26.2 Å². The molecule has 162 valence electrons. The molecule has 1 heterocycles. The summed E-state index contributed by atoms with van der Waals surface area (Å²) in [6, 6.07) is 24.0. The van der Waals surface area contributed by atoms with Gasteiger partial charge < -0.3 is 14.7 Å². The van der Waals surface area contributed by atoms with Gasteiger partial charge in [0.25, 0.3) is 0 Å². The molecule has 1 fully saturated rings. The fraction of sp³-hybridized carbons (Fsp3) is 0.308. The van der Waals surface area contributed by atoms with Crippen molar-refractivity contribution in [3.63, 3.8) is 0 Å². The molecule has 0 radical (unpaired) electrons. The molecule has 4 rings (SSSR count). The number of hydrogen-bond acceptors (Lipinski definition) is 3. The van der Waals surface area contributed by atoms with E-state index in [4.69, 9.17) is 16.3 Å². The van der Waals surface area contributed by atoms with Crippen LogP contribution in [0.4, 0.5) is 4.39 Å². The topological polar surface area (TPSA) is 32.7 Å². The highest BCUT2D eigenvalue weighted by atomic mass is 35.5. The molecule has 5 heteroatoms. The lowest BCUT2D eigenvalue weighted by molar-refractivity contribution is -0.0339. The quantitative estimate of drug-likeness (QED) is 0.522. The number of likely N-dealkylation sites (tertiary alicyclic amines) is 1. The molecule has 0 saturated carbocycles. The van der Waals surface area contributed by atoms with E-state index < -0.39 is 5.60 Å². The van der Waals surface area contributed by atoms with Crippen molar-refractivity contribution in [2.24, 2.45) is 0 Å². The largest absolute Gasteiger partial charge is 0.385 e. The average molecular weight is 440 g/mol. The molecule has 1 atom stereocenters. The number of halogens is 2. The third kappa shape index (κ3) is 5.52. The smallest absolute Gasteiger partial charge is 0.123 e. The molecule has 0 aromatic heterocycles. The highest BCUT2D eigenvalue weighted by molar-refractivity contribution is 6.30. The number of aliphatic hydroxyl groups is 1. The van der Waals surface area contributed by atoms with E-state index in [-0.39, 0.29) is 11.9 Å². The van der Waals surface area contributed by atoms with Gasteiger partial charge >= 0.3 is 0 Å². The summed E-state index contributed by atoms with van der Waals surface area (Å²) >= 11 is 5.98. The van der Waals surface area contributed by atoms with Crippen LogP contribution in [0, 0.1) is 5.82 Å². The first-order valence-corrected chi connectivity index (χ1v) is 11.0. The minimum atomic E-state index is -0.803. The predicted molar refractivity (Wildman–Crippen MR) is 122 cm³/mol. The van der Waals surface area contributed by atoms with Gasteiger partial charge in [-0.15, -0.1) is 0 Å². The molecular weight excluding hydrogens is 413 g/mol. The van der Waals surface area contributed by atoms with Crippen molar-refractivity contribution in [1.29, 1.82) is 0 Å². The second-order valence-electron chi connectivity index (χ2n) is 8.09. The Labute approximate surface area is 188 Å². The van der Waals surface area contributed by atoms with Crippen molar-refractivity contribution in [1.82, 2.24) is 4.90 Å². The Morgan fingerprint density at radius 2 is 1.52 bits per heavy atom. The summed E-state index contributed by atoms with van der Waals surface area (Å²) < 4.78 is 19.6. The maximum Gasteiger partial charge on any atom is 0.123 e. The fourth-order valence-corrected chi connectivity index (χ4v) is 4.27. The molecule has 3 aromatic carbocycles. The van der Waals surface area contributed by atoms with Crippen LogP contribution in [0.15, 0.2) is 78.9 Å². The van der Waals surface area contributed by atoms with E-state index >= 15 is 0 Å². The monoisotopic (exact) mass is 439 g/mol. The van der Waals surface area contributed by atoms with Gasteiger partial charge in [-0.2, -0.15) is 0 Å². The van der Waals surface area contributed by atoms with Crippen LogP contribution in [0.1, 0.15) is 35.6 Å². The summed E-state index contributed by atoms with van der Waals surface area (Å²) in [5, 5.41) is 11.7. The van der Waals surface area contributed by atoms with E-state index in [2.05, 4.69) is 4.90 Å². The number of piperidine rings is 1. The van der Waals surface area contributed by atoms with Crippen molar-refractivity contribution in [3.8, 4) is 0 Å². The standard InChI is InChI=1S/C26H27ClFNO2/c27-23-10-8-22(9-11-23)26(30)14-16-29(17-15-26)18-19-31-25(20-4-2-1-3-5-20)21-6-12-24(28)13-7-21/h1-13,25,30H,14-19H2. The van der Waals surface area contributed by atoms with Crippen molar-refractivity contribution < 1.29 is 14.2 Å². The fourth-order valence-electron chi connectivity index (χ4n) is 4.15. The van der Waals surface area contributed by atoms with Gasteiger partial charge in [0.05, 0.1) is 12.2 Å². The molecule has 1 aliphatic heterocycles. The third-order valence-electron chi connectivity index (χ3n) is 6.03. The highest BCUT2D eigenvalue weighted by Gasteiger charge is 2.33. The first-order valence-electron chi connectivity index (χ1n) is 10.7. The lowest BCUT2D eigenvalue weighted by atomic mass is 9.84. The van der Waals surface area contributed by atoms with E-state index in [1.807, 2.05) is 54.6 Å². The first kappa shape index (κ1) is 22.0. The predicted octanol–water partition coefficient (Wildman–Crippen LogP) is 5.57. The van der Waals surface area contributed by atoms with Crippen LogP contribution in [-0.4, -0.2) is 36.2 Å². The van der Waals surface area contributed by atoms with Gasteiger partial charge in [-0.3, -0.25) is 0 Å². The van der Waals surface area contributed by atoms with E-state index in [1.165, 1.54) is 12.1 Å². The van der Waals surface area contributed by atoms with Crippen LogP contribution in [0.2, 0.25) is 5.02 Å². The number of benzene rings is 3. The summed E-state index contributed by atoms with van der Waals surface area (Å²) in [4.78, 5) is 2.32. The number of nitrogens with zero attached hydrogens (tertiary/aromatic N) is 1. The van der Waals surface area contributed by atoms with Crippen molar-refractivity contribution in [2.45, 2.75) is 24.5 Å². The van der Waals surface area contributed by atoms with Crippen molar-refractivity contribution in [3.05, 3.63) is 106 Å². The zero-order valence-electron chi connectivity index (χ0n) is 17.4. The van der Waals surface area contributed by atoms with Crippen molar-refractivity contribution >= 4 is 11.6 Å². The van der Waals surface area contributed by atoms with E-state index in [9.17, 15) is 9.50 Å². The molecular formula is C26H27ClFNO2. The molecule has 1 aliphatic rings. The van der Waals surface area contributed by atoms with Gasteiger partial charge in [0.1, 0.15) is 11.9 Å². The lowest BCUT2D eigenvalue weighted by Crippen LogP contribution is -2.43. The summed E-state index contributed by atoms with van der Waals surface area (Å²) in [5.41, 5.74) is 2.10. The average Bonchev–Trinajstić information content (AvgIpc) is 2.80. The van der Waals surface area contributed by atoms with Gasteiger partial charge in [-0.05, 0) is 53.8 Å². The van der Waals surface area contributed by atoms with Gasteiger partial charge in [0, 0.05) is 24.7 Å². The maximum absolute atomic E-state index is 13.4. The maximum atomic E-state index is 13.4. The first-order chi connectivity index (χ1) is 15.0. The summed E-state index contributed by atoms with van der Waals surface area (Å²) in [6.45, 7) is 2.93. The summed E-state index contributed by atoms with van der Waals surface area (Å²) in [5.74, 6) is -0.253. The minimum Gasteiger partial charge on any atom is -0.385 e. The molecule has 31 heavy (non-hydrogen) atoms. The van der Waals surface area contributed by atoms with Crippen LogP contribution in [0.25, 0.3) is 0 Å². The van der Waals surface area contributed by atoms with E-state index in [1.54, 1.807) is 12.1 Å². The molecule has 3 aromatic rings.